The number of hydrogen-bond donors (Lipinski definition) is 1. The molecule has 4 rings (SSSR count). The van der Waals surface area contributed by atoms with Gasteiger partial charge in [-0.05, 0) is 37.2 Å². The molecule has 22 heavy (non-hydrogen) atoms. The predicted molar refractivity (Wildman–Crippen MR) is 81.3 cm³/mol. The summed E-state index contributed by atoms with van der Waals surface area (Å²) < 4.78 is 7.63. The van der Waals surface area contributed by atoms with Crippen molar-refractivity contribution in [2.24, 2.45) is 5.41 Å². The molecule has 116 valence electrons. The predicted octanol–water partition coefficient (Wildman–Crippen LogP) is 2.49. The number of nitrogens with zero attached hydrogens (tertiary/aromatic N) is 3. The van der Waals surface area contributed by atoms with Crippen molar-refractivity contribution in [3.63, 3.8) is 0 Å². The molecule has 2 aromatic rings. The summed E-state index contributed by atoms with van der Waals surface area (Å²) in [6, 6.07) is 1.98. The Morgan fingerprint density at radius 1 is 1.41 bits per heavy atom. The van der Waals surface area contributed by atoms with Crippen LogP contribution >= 0.6 is 0 Å². The Balaban J connectivity index is 1.60. The van der Waals surface area contributed by atoms with E-state index in [-0.39, 0.29) is 17.1 Å². The number of pyridine rings is 1. The van der Waals surface area contributed by atoms with Crippen LogP contribution in [0.25, 0.3) is 10.9 Å². The molecule has 6 nitrogen and oxygen atoms in total. The maximum absolute atomic E-state index is 11.5. The molecule has 2 fully saturated rings. The van der Waals surface area contributed by atoms with Gasteiger partial charge in [-0.1, -0.05) is 6.92 Å². The van der Waals surface area contributed by atoms with Crippen LogP contribution in [0.15, 0.2) is 24.7 Å². The van der Waals surface area contributed by atoms with Crippen molar-refractivity contribution in [2.75, 3.05) is 6.54 Å². The molecule has 1 amide bonds. The number of rotatable bonds is 2. The summed E-state index contributed by atoms with van der Waals surface area (Å²) in [5, 5.41) is 8.44. The number of fused-ring (bicyclic) bond motifs is 1. The second kappa shape index (κ2) is 4.69. The van der Waals surface area contributed by atoms with E-state index < -0.39 is 0 Å². The number of ether oxygens (including phenoxy) is 1. The van der Waals surface area contributed by atoms with E-state index in [4.69, 9.17) is 4.74 Å². The molecule has 6 heteroatoms. The van der Waals surface area contributed by atoms with Gasteiger partial charge in [0.25, 0.3) is 0 Å². The maximum atomic E-state index is 11.5. The third-order valence-electron chi connectivity index (χ3n) is 5.00. The zero-order chi connectivity index (χ0) is 15.2. The van der Waals surface area contributed by atoms with E-state index in [1.54, 1.807) is 6.20 Å². The molecule has 2 unspecified atom stereocenters. The fourth-order valence-electron chi connectivity index (χ4n) is 4.07. The molecule has 1 aliphatic carbocycles. The van der Waals surface area contributed by atoms with E-state index in [2.05, 4.69) is 22.3 Å². The smallest absolute Gasteiger partial charge is 0.407 e. The molecular formula is C16H20N4O2. The molecule has 2 aromatic heterocycles. The number of nitrogens with one attached hydrogen (secondary N) is 1. The molecule has 1 spiro atoms. The van der Waals surface area contributed by atoms with E-state index in [9.17, 15) is 4.79 Å². The van der Waals surface area contributed by atoms with Gasteiger partial charge < -0.3 is 10.1 Å². The molecular weight excluding hydrogens is 280 g/mol. The lowest BCUT2D eigenvalue weighted by Gasteiger charge is -2.42. The highest BCUT2D eigenvalue weighted by Crippen LogP contribution is 2.45. The van der Waals surface area contributed by atoms with Gasteiger partial charge in [-0.2, -0.15) is 5.10 Å². The van der Waals surface area contributed by atoms with Gasteiger partial charge in [0.15, 0.2) is 0 Å². The molecule has 1 saturated carbocycles. The summed E-state index contributed by atoms with van der Waals surface area (Å²) in [5.41, 5.74) is 0.801. The molecule has 0 bridgehead atoms. The first-order valence-corrected chi connectivity index (χ1v) is 7.80. The minimum Gasteiger partial charge on any atom is -0.441 e. The van der Waals surface area contributed by atoms with Crippen LogP contribution in [0.2, 0.25) is 0 Å². The fourth-order valence-corrected chi connectivity index (χ4v) is 4.07. The van der Waals surface area contributed by atoms with Crippen molar-refractivity contribution < 1.29 is 9.53 Å². The van der Waals surface area contributed by atoms with Crippen molar-refractivity contribution >= 4 is 17.0 Å². The van der Waals surface area contributed by atoms with E-state index in [1.807, 2.05) is 23.1 Å². The van der Waals surface area contributed by atoms with Crippen LogP contribution in [0.3, 0.4) is 0 Å². The van der Waals surface area contributed by atoms with E-state index in [0.717, 1.165) is 43.1 Å². The number of aromatic nitrogens is 3. The molecule has 1 N–H and O–H groups in total. The third-order valence-corrected chi connectivity index (χ3v) is 5.00. The van der Waals surface area contributed by atoms with Crippen molar-refractivity contribution in [2.45, 2.75) is 44.8 Å². The van der Waals surface area contributed by atoms with Crippen LogP contribution in [-0.2, 0) is 11.3 Å². The molecule has 0 aromatic carbocycles. The Hall–Kier alpha value is -2.11. The summed E-state index contributed by atoms with van der Waals surface area (Å²) in [6.07, 6.45) is 9.27. The Bertz CT molecular complexity index is 728. The van der Waals surface area contributed by atoms with Gasteiger partial charge >= 0.3 is 6.09 Å². The maximum Gasteiger partial charge on any atom is 0.407 e. The first-order chi connectivity index (χ1) is 10.6. The second-order valence-electron chi connectivity index (χ2n) is 7.00. The monoisotopic (exact) mass is 300 g/mol. The van der Waals surface area contributed by atoms with Crippen LogP contribution in [0.5, 0.6) is 0 Å². The molecule has 2 atom stereocenters. The minimum atomic E-state index is -0.328. The fraction of sp³-hybridized carbons (Fsp3) is 0.562. The number of hydrogen-bond acceptors (Lipinski definition) is 4. The zero-order valence-electron chi connectivity index (χ0n) is 12.7. The van der Waals surface area contributed by atoms with Crippen molar-refractivity contribution in [3.8, 4) is 0 Å². The molecule has 1 aliphatic heterocycles. The van der Waals surface area contributed by atoms with Gasteiger partial charge in [0, 0.05) is 18.1 Å². The molecule has 1 saturated heterocycles. The Kier molecular flexibility index (Phi) is 2.89. The Morgan fingerprint density at radius 3 is 3.14 bits per heavy atom. The van der Waals surface area contributed by atoms with Crippen LogP contribution in [0.1, 0.15) is 32.6 Å². The van der Waals surface area contributed by atoms with Gasteiger partial charge in [0.1, 0.15) is 5.60 Å². The Morgan fingerprint density at radius 2 is 2.32 bits per heavy atom. The van der Waals surface area contributed by atoms with E-state index >= 15 is 0 Å². The number of carbonyl (C=O) groups is 1. The lowest BCUT2D eigenvalue weighted by Crippen LogP contribution is -2.44. The lowest BCUT2D eigenvalue weighted by molar-refractivity contribution is -0.0275. The molecule has 0 radical (unpaired) electrons. The zero-order valence-corrected chi connectivity index (χ0v) is 12.7. The van der Waals surface area contributed by atoms with Gasteiger partial charge in [-0.3, -0.25) is 9.67 Å². The number of alkyl carbamates (subject to hydrolysis) is 1. The van der Waals surface area contributed by atoms with Crippen LogP contribution in [0, 0.1) is 5.41 Å². The quantitative estimate of drug-likeness (QED) is 0.925. The van der Waals surface area contributed by atoms with Crippen molar-refractivity contribution in [3.05, 3.63) is 24.7 Å². The molecule has 2 aliphatic rings. The lowest BCUT2D eigenvalue weighted by atomic mass is 9.68. The molecule has 3 heterocycles. The standard InChI is InChI=1S/C16H20N4O2/c1-15(4-2-5-16(9-15)10-18-14(21)22-16)11-20-13-8-17-6-3-12(13)7-19-20/h3,6-8H,2,4-5,9-11H2,1H3,(H,18,21). The number of carbonyl (C=O) groups excluding carboxylic acids is 1. The first kappa shape index (κ1) is 13.5. The first-order valence-electron chi connectivity index (χ1n) is 7.80. The van der Waals surface area contributed by atoms with Crippen LogP contribution in [-0.4, -0.2) is 33.0 Å². The number of amides is 1. The van der Waals surface area contributed by atoms with Gasteiger partial charge in [-0.15, -0.1) is 0 Å². The highest BCUT2D eigenvalue weighted by atomic mass is 16.6. The Labute approximate surface area is 128 Å². The normalized spacial score (nSPS) is 31.4. The highest BCUT2D eigenvalue weighted by molar-refractivity contribution is 5.77. The summed E-state index contributed by atoms with van der Waals surface area (Å²) in [6.45, 7) is 3.72. The largest absolute Gasteiger partial charge is 0.441 e. The topological polar surface area (TPSA) is 69.0 Å². The second-order valence-corrected chi connectivity index (χ2v) is 7.00. The van der Waals surface area contributed by atoms with Crippen LogP contribution in [0.4, 0.5) is 4.79 Å². The SMILES string of the molecule is CC1(Cn2ncc3ccncc32)CCCC2(CNC(=O)O2)C1. The van der Waals surface area contributed by atoms with Gasteiger partial charge in [0.2, 0.25) is 0 Å². The van der Waals surface area contributed by atoms with E-state index in [1.165, 1.54) is 0 Å². The summed E-state index contributed by atoms with van der Waals surface area (Å²) in [4.78, 5) is 15.7. The van der Waals surface area contributed by atoms with Crippen LogP contribution < -0.4 is 5.32 Å². The average molecular weight is 300 g/mol. The van der Waals surface area contributed by atoms with Crippen molar-refractivity contribution in [1.82, 2.24) is 20.1 Å². The minimum absolute atomic E-state index is 0.0688. The summed E-state index contributed by atoms with van der Waals surface area (Å²) in [5.74, 6) is 0. The van der Waals surface area contributed by atoms with Gasteiger partial charge in [-0.25, -0.2) is 4.79 Å². The summed E-state index contributed by atoms with van der Waals surface area (Å²) in [7, 11) is 0. The van der Waals surface area contributed by atoms with Gasteiger partial charge in [0.05, 0.1) is 24.5 Å². The average Bonchev–Trinajstić information content (AvgIpc) is 3.03. The highest BCUT2D eigenvalue weighted by Gasteiger charge is 2.48. The van der Waals surface area contributed by atoms with E-state index in [0.29, 0.717) is 6.54 Å². The third kappa shape index (κ3) is 2.23. The summed E-state index contributed by atoms with van der Waals surface area (Å²) >= 11 is 0. The van der Waals surface area contributed by atoms with Crippen molar-refractivity contribution in [1.29, 1.82) is 0 Å².